The van der Waals surface area contributed by atoms with Crippen LogP contribution in [0.5, 0.6) is 0 Å². The molecule has 1 aliphatic carbocycles. The van der Waals surface area contributed by atoms with Crippen molar-refractivity contribution in [1.82, 2.24) is 19.7 Å². The van der Waals surface area contributed by atoms with Gasteiger partial charge in [-0.2, -0.15) is 4.98 Å². The van der Waals surface area contributed by atoms with Gasteiger partial charge in [0.15, 0.2) is 5.78 Å². The van der Waals surface area contributed by atoms with Gasteiger partial charge in [0, 0.05) is 23.9 Å². The fourth-order valence-corrected chi connectivity index (χ4v) is 3.38. The molecular weight excluding hydrogens is 298 g/mol. The summed E-state index contributed by atoms with van der Waals surface area (Å²) in [7, 11) is 0. The van der Waals surface area contributed by atoms with Gasteiger partial charge in [-0.05, 0) is 31.2 Å². The molecule has 0 spiro atoms. The van der Waals surface area contributed by atoms with Crippen LogP contribution in [-0.2, 0) is 4.79 Å². The number of rotatable bonds is 2. The van der Waals surface area contributed by atoms with Gasteiger partial charge in [0.2, 0.25) is 11.1 Å². The van der Waals surface area contributed by atoms with Crippen molar-refractivity contribution >= 4 is 23.5 Å². The number of nitrogens with zero attached hydrogens (tertiary/aromatic N) is 4. The van der Waals surface area contributed by atoms with Crippen LogP contribution in [0, 0.1) is 0 Å². The first kappa shape index (κ1) is 13.5. The third-order valence-electron chi connectivity index (χ3n) is 4.00. The quantitative estimate of drug-likeness (QED) is 0.858. The Hall–Kier alpha value is -2.15. The van der Waals surface area contributed by atoms with Crippen molar-refractivity contribution in [3.8, 4) is 0 Å². The molecule has 2 aromatic rings. The predicted molar refractivity (Wildman–Crippen MR) is 83.7 cm³/mol. The maximum Gasteiger partial charge on any atom is 0.227 e. The Labute approximate surface area is 132 Å². The molecule has 0 saturated carbocycles. The van der Waals surface area contributed by atoms with Crippen molar-refractivity contribution in [3.63, 3.8) is 0 Å². The molecule has 2 aromatic heterocycles. The zero-order chi connectivity index (χ0) is 15.1. The van der Waals surface area contributed by atoms with E-state index in [9.17, 15) is 4.79 Å². The Morgan fingerprint density at radius 1 is 1.36 bits per heavy atom. The van der Waals surface area contributed by atoms with Crippen LogP contribution in [0.15, 0.2) is 40.8 Å². The monoisotopic (exact) mass is 313 g/mol. The molecule has 1 unspecified atom stereocenters. The molecule has 22 heavy (non-hydrogen) atoms. The van der Waals surface area contributed by atoms with Gasteiger partial charge in [-0.3, -0.25) is 9.78 Å². The number of nitrogens with one attached hydrogen (secondary N) is 1. The highest BCUT2D eigenvalue weighted by molar-refractivity contribution is 7.98. The van der Waals surface area contributed by atoms with E-state index < -0.39 is 0 Å². The number of allylic oxidation sites excluding steroid dienone is 2. The number of ketones is 1. The lowest BCUT2D eigenvalue weighted by molar-refractivity contribution is -0.116. The highest BCUT2D eigenvalue weighted by Gasteiger charge is 2.37. The van der Waals surface area contributed by atoms with E-state index in [-0.39, 0.29) is 11.8 Å². The first-order valence-corrected chi connectivity index (χ1v) is 8.45. The Bertz CT molecular complexity index is 767. The maximum atomic E-state index is 12.5. The van der Waals surface area contributed by atoms with E-state index in [0.717, 1.165) is 29.8 Å². The molecule has 7 heteroatoms. The van der Waals surface area contributed by atoms with E-state index in [1.807, 2.05) is 24.5 Å². The first-order chi connectivity index (χ1) is 10.8. The zero-order valence-corrected chi connectivity index (χ0v) is 12.9. The number of carbonyl (C=O) groups is 1. The number of Topliss-reactive ketones (excluding diaryl/α,β-unsaturated/α-hetero) is 1. The van der Waals surface area contributed by atoms with Crippen LogP contribution in [0.4, 0.5) is 5.95 Å². The molecular formula is C15H15N5OS. The molecule has 112 valence electrons. The number of thioether (sulfide) groups is 1. The molecule has 6 nitrogen and oxygen atoms in total. The summed E-state index contributed by atoms with van der Waals surface area (Å²) in [6.07, 6.45) is 6.02. The third kappa shape index (κ3) is 2.04. The van der Waals surface area contributed by atoms with Gasteiger partial charge in [-0.25, -0.2) is 4.68 Å². The number of fused-ring (bicyclic) bond motifs is 1. The van der Waals surface area contributed by atoms with Gasteiger partial charge >= 0.3 is 0 Å². The lowest BCUT2D eigenvalue weighted by atomic mass is 9.87. The Balaban J connectivity index is 1.92. The molecule has 1 N–H and O–H groups in total. The van der Waals surface area contributed by atoms with Crippen LogP contribution in [0.3, 0.4) is 0 Å². The topological polar surface area (TPSA) is 72.7 Å². The second-order valence-corrected chi connectivity index (χ2v) is 6.09. The summed E-state index contributed by atoms with van der Waals surface area (Å²) in [6.45, 7) is 0. The summed E-state index contributed by atoms with van der Waals surface area (Å²) < 4.78 is 1.79. The molecule has 1 atom stereocenters. The molecule has 0 aromatic carbocycles. The van der Waals surface area contributed by atoms with E-state index in [0.29, 0.717) is 17.5 Å². The van der Waals surface area contributed by atoms with E-state index in [1.165, 1.54) is 11.8 Å². The Morgan fingerprint density at radius 2 is 2.27 bits per heavy atom. The van der Waals surface area contributed by atoms with Gasteiger partial charge < -0.3 is 5.32 Å². The normalized spacial score (nSPS) is 20.4. The number of carbonyl (C=O) groups excluding carboxylic acids is 1. The lowest BCUT2D eigenvalue weighted by Gasteiger charge is -2.31. The van der Waals surface area contributed by atoms with Crippen LogP contribution in [0.2, 0.25) is 0 Å². The number of pyridine rings is 1. The van der Waals surface area contributed by atoms with Crippen LogP contribution in [0.1, 0.15) is 31.0 Å². The fraction of sp³-hybridized carbons (Fsp3) is 0.333. The van der Waals surface area contributed by atoms with Crippen LogP contribution < -0.4 is 5.32 Å². The molecule has 0 amide bonds. The SMILES string of the molecule is CSc1nc2n(n1)C(c1ccccn1)C1=C(CCCC1=O)N2. The van der Waals surface area contributed by atoms with E-state index in [1.54, 1.807) is 10.9 Å². The van der Waals surface area contributed by atoms with Gasteiger partial charge in [-0.15, -0.1) is 5.10 Å². The van der Waals surface area contributed by atoms with Crippen LogP contribution in [-0.4, -0.2) is 31.8 Å². The van der Waals surface area contributed by atoms with E-state index in [2.05, 4.69) is 20.4 Å². The van der Waals surface area contributed by atoms with Gasteiger partial charge in [-0.1, -0.05) is 17.8 Å². The van der Waals surface area contributed by atoms with Crippen molar-refractivity contribution < 1.29 is 4.79 Å². The van der Waals surface area contributed by atoms with Gasteiger partial charge in [0.05, 0.1) is 5.69 Å². The van der Waals surface area contributed by atoms with Gasteiger partial charge in [0.1, 0.15) is 6.04 Å². The third-order valence-corrected chi connectivity index (χ3v) is 4.54. The summed E-state index contributed by atoms with van der Waals surface area (Å²) >= 11 is 1.49. The number of aromatic nitrogens is 4. The minimum Gasteiger partial charge on any atom is -0.328 e. The minimum absolute atomic E-state index is 0.177. The molecule has 2 aliphatic rings. The van der Waals surface area contributed by atoms with Crippen molar-refractivity contribution in [2.75, 3.05) is 11.6 Å². The summed E-state index contributed by atoms with van der Waals surface area (Å²) in [6, 6.07) is 5.46. The fourth-order valence-electron chi connectivity index (χ4n) is 3.03. The zero-order valence-electron chi connectivity index (χ0n) is 12.1. The van der Waals surface area contributed by atoms with Crippen molar-refractivity contribution in [2.24, 2.45) is 0 Å². The molecule has 3 heterocycles. The summed E-state index contributed by atoms with van der Waals surface area (Å²) in [5.41, 5.74) is 2.58. The molecule has 0 radical (unpaired) electrons. The largest absolute Gasteiger partial charge is 0.328 e. The maximum absolute atomic E-state index is 12.5. The average molecular weight is 313 g/mol. The first-order valence-electron chi connectivity index (χ1n) is 7.22. The second-order valence-electron chi connectivity index (χ2n) is 5.32. The highest BCUT2D eigenvalue weighted by atomic mass is 32.2. The number of anilines is 1. The standard InChI is InChI=1S/C15H15N5OS/c1-22-15-18-14-17-9-6-4-7-11(21)12(9)13(20(14)19-15)10-5-2-3-8-16-10/h2-3,5,8,13H,4,6-7H2,1H3,(H,17,18,19). The average Bonchev–Trinajstić information content (AvgIpc) is 2.96. The molecule has 0 saturated heterocycles. The van der Waals surface area contributed by atoms with Crippen LogP contribution in [0.25, 0.3) is 0 Å². The molecule has 1 aliphatic heterocycles. The summed E-state index contributed by atoms with van der Waals surface area (Å²) in [4.78, 5) is 21.4. The van der Waals surface area contributed by atoms with Crippen molar-refractivity contribution in [1.29, 1.82) is 0 Å². The summed E-state index contributed by atoms with van der Waals surface area (Å²) in [5.74, 6) is 0.865. The van der Waals surface area contributed by atoms with Crippen molar-refractivity contribution in [3.05, 3.63) is 41.4 Å². The van der Waals surface area contributed by atoms with Gasteiger partial charge in [0.25, 0.3) is 0 Å². The lowest BCUT2D eigenvalue weighted by Crippen LogP contribution is -2.32. The van der Waals surface area contributed by atoms with E-state index in [4.69, 9.17) is 0 Å². The number of hydrogen-bond acceptors (Lipinski definition) is 6. The van der Waals surface area contributed by atoms with Crippen molar-refractivity contribution in [2.45, 2.75) is 30.5 Å². The van der Waals surface area contributed by atoms with Crippen LogP contribution >= 0.6 is 11.8 Å². The number of hydrogen-bond donors (Lipinski definition) is 1. The molecule has 4 rings (SSSR count). The predicted octanol–water partition coefficient (Wildman–Crippen LogP) is 2.42. The Morgan fingerprint density at radius 3 is 3.05 bits per heavy atom. The minimum atomic E-state index is -0.284. The smallest absolute Gasteiger partial charge is 0.227 e. The summed E-state index contributed by atoms with van der Waals surface area (Å²) in [5, 5.41) is 8.51. The second kappa shape index (κ2) is 5.24. The highest BCUT2D eigenvalue weighted by Crippen LogP contribution is 2.39. The van der Waals surface area contributed by atoms with E-state index >= 15 is 0 Å². The Kier molecular flexibility index (Phi) is 3.22. The molecule has 0 bridgehead atoms. The molecule has 0 fully saturated rings.